The van der Waals surface area contributed by atoms with Crippen LogP contribution < -0.4 is 11.1 Å². The van der Waals surface area contributed by atoms with Crippen molar-refractivity contribution in [2.24, 2.45) is 5.73 Å². The molecule has 0 bridgehead atoms. The highest BCUT2D eigenvalue weighted by molar-refractivity contribution is 5.28. The molecule has 1 heterocycles. The maximum absolute atomic E-state index is 5.69. The van der Waals surface area contributed by atoms with Crippen molar-refractivity contribution in [1.82, 2.24) is 25.5 Å². The van der Waals surface area contributed by atoms with E-state index in [1.54, 1.807) is 0 Å². The molecule has 0 amide bonds. The quantitative estimate of drug-likeness (QED) is 0.853. The van der Waals surface area contributed by atoms with Crippen molar-refractivity contribution in [2.75, 3.05) is 13.1 Å². The van der Waals surface area contributed by atoms with Crippen LogP contribution in [0.3, 0.4) is 0 Å². The van der Waals surface area contributed by atoms with Gasteiger partial charge in [-0.05, 0) is 35.8 Å². The molecule has 1 aromatic heterocycles. The van der Waals surface area contributed by atoms with Gasteiger partial charge in [-0.15, -0.1) is 5.10 Å². The second-order valence-electron chi connectivity index (χ2n) is 6.36. The normalized spacial score (nSPS) is 17.3. The molecule has 3 rings (SSSR count). The first kappa shape index (κ1) is 16.1. The summed E-state index contributed by atoms with van der Waals surface area (Å²) in [5.41, 5.74) is 8.12. The van der Waals surface area contributed by atoms with E-state index in [1.165, 1.54) is 30.4 Å². The molecule has 0 saturated heterocycles. The van der Waals surface area contributed by atoms with Gasteiger partial charge in [0.2, 0.25) is 0 Å². The summed E-state index contributed by atoms with van der Waals surface area (Å²) < 4.78 is 2.03. The van der Waals surface area contributed by atoms with Gasteiger partial charge in [0.15, 0.2) is 5.82 Å². The van der Waals surface area contributed by atoms with Gasteiger partial charge in [-0.25, -0.2) is 4.68 Å². The Kier molecular flexibility index (Phi) is 5.35. The third-order valence-corrected chi connectivity index (χ3v) is 4.60. The first-order chi connectivity index (χ1) is 11.3. The fraction of sp³-hybridized carbons (Fsp3) is 0.588. The lowest BCUT2D eigenvalue weighted by molar-refractivity contribution is 0.311. The van der Waals surface area contributed by atoms with Crippen molar-refractivity contribution in [1.29, 1.82) is 0 Å². The van der Waals surface area contributed by atoms with E-state index in [0.717, 1.165) is 25.2 Å². The lowest BCUT2D eigenvalue weighted by Gasteiger charge is -2.25. The molecule has 1 saturated carbocycles. The second kappa shape index (κ2) is 7.66. The largest absolute Gasteiger partial charge is 0.329 e. The van der Waals surface area contributed by atoms with Crippen molar-refractivity contribution in [3.05, 3.63) is 41.2 Å². The Labute approximate surface area is 137 Å². The predicted molar refractivity (Wildman–Crippen MR) is 90.0 cm³/mol. The molecule has 1 aliphatic rings. The highest BCUT2D eigenvalue weighted by Gasteiger charge is 2.25. The number of benzene rings is 1. The van der Waals surface area contributed by atoms with Gasteiger partial charge in [0.25, 0.3) is 0 Å². The number of aryl methyl sites for hydroxylation is 1. The Bertz CT molecular complexity index is 600. The highest BCUT2D eigenvalue weighted by atomic mass is 15.6. The number of rotatable bonds is 6. The third-order valence-electron chi connectivity index (χ3n) is 4.60. The molecule has 6 nitrogen and oxygen atoms in total. The molecule has 1 unspecified atom stereocenters. The van der Waals surface area contributed by atoms with E-state index in [1.807, 2.05) is 4.68 Å². The summed E-state index contributed by atoms with van der Waals surface area (Å²) in [6, 6.07) is 8.94. The van der Waals surface area contributed by atoms with E-state index in [-0.39, 0.29) is 6.04 Å². The molecule has 2 aromatic rings. The molecule has 0 aliphatic heterocycles. The minimum Gasteiger partial charge on any atom is -0.329 e. The molecule has 1 atom stereocenters. The van der Waals surface area contributed by atoms with E-state index < -0.39 is 0 Å². The Morgan fingerprint density at radius 3 is 2.65 bits per heavy atom. The predicted octanol–water partition coefficient (Wildman–Crippen LogP) is 2.12. The van der Waals surface area contributed by atoms with E-state index in [2.05, 4.69) is 52.0 Å². The minimum atomic E-state index is -0.0175. The van der Waals surface area contributed by atoms with Crippen molar-refractivity contribution in [3.63, 3.8) is 0 Å². The number of nitrogens with one attached hydrogen (secondary N) is 1. The molecule has 1 aromatic carbocycles. The zero-order chi connectivity index (χ0) is 16.1. The van der Waals surface area contributed by atoms with Crippen LogP contribution >= 0.6 is 0 Å². The van der Waals surface area contributed by atoms with Crippen LogP contribution in [-0.4, -0.2) is 33.3 Å². The molecule has 124 valence electrons. The van der Waals surface area contributed by atoms with Crippen LogP contribution in [0.25, 0.3) is 0 Å². The molecule has 3 N–H and O–H groups in total. The smallest absolute Gasteiger partial charge is 0.173 e. The van der Waals surface area contributed by atoms with Crippen LogP contribution in [0.5, 0.6) is 0 Å². The summed E-state index contributed by atoms with van der Waals surface area (Å²) in [5, 5.41) is 16.1. The van der Waals surface area contributed by atoms with Crippen molar-refractivity contribution >= 4 is 0 Å². The number of tetrazole rings is 1. The van der Waals surface area contributed by atoms with Crippen molar-refractivity contribution in [2.45, 2.75) is 51.1 Å². The standard InChI is InChI=1S/C17H26N6/c1-13-7-9-14(10-8-13)16(19-12-11-18)17-20-21-22-23(17)15-5-3-2-4-6-15/h7-10,15-16,19H,2-6,11-12,18H2,1H3. The lowest BCUT2D eigenvalue weighted by Crippen LogP contribution is -2.31. The first-order valence-electron chi connectivity index (χ1n) is 8.57. The van der Waals surface area contributed by atoms with Gasteiger partial charge in [-0.3, -0.25) is 0 Å². The van der Waals surface area contributed by atoms with Gasteiger partial charge in [0.1, 0.15) is 0 Å². The number of hydrogen-bond donors (Lipinski definition) is 2. The molecular weight excluding hydrogens is 288 g/mol. The average molecular weight is 314 g/mol. The van der Waals surface area contributed by atoms with E-state index in [0.29, 0.717) is 12.6 Å². The van der Waals surface area contributed by atoms with Crippen molar-refractivity contribution in [3.8, 4) is 0 Å². The van der Waals surface area contributed by atoms with Crippen LogP contribution in [0, 0.1) is 6.92 Å². The highest BCUT2D eigenvalue weighted by Crippen LogP contribution is 2.30. The zero-order valence-corrected chi connectivity index (χ0v) is 13.8. The fourth-order valence-electron chi connectivity index (χ4n) is 3.32. The van der Waals surface area contributed by atoms with Gasteiger partial charge in [-0.1, -0.05) is 49.1 Å². The van der Waals surface area contributed by atoms with Crippen LogP contribution in [0.4, 0.5) is 0 Å². The topological polar surface area (TPSA) is 81.7 Å². The second-order valence-corrected chi connectivity index (χ2v) is 6.36. The molecule has 1 aliphatic carbocycles. The molecule has 1 fully saturated rings. The maximum Gasteiger partial charge on any atom is 0.173 e. The SMILES string of the molecule is Cc1ccc(C(NCCN)c2nnnn2C2CCCCC2)cc1. The Balaban J connectivity index is 1.90. The summed E-state index contributed by atoms with van der Waals surface area (Å²) >= 11 is 0. The van der Waals surface area contributed by atoms with Crippen molar-refractivity contribution < 1.29 is 0 Å². The van der Waals surface area contributed by atoms with E-state index >= 15 is 0 Å². The number of nitrogens with zero attached hydrogens (tertiary/aromatic N) is 4. The summed E-state index contributed by atoms with van der Waals surface area (Å²) in [5.74, 6) is 0.897. The molecular formula is C17H26N6. The Hall–Kier alpha value is -1.79. The van der Waals surface area contributed by atoms with Gasteiger partial charge in [-0.2, -0.15) is 0 Å². The van der Waals surface area contributed by atoms with Crippen LogP contribution in [0.1, 0.15) is 61.1 Å². The number of aromatic nitrogens is 4. The lowest BCUT2D eigenvalue weighted by atomic mass is 9.95. The van der Waals surface area contributed by atoms with E-state index in [9.17, 15) is 0 Å². The summed E-state index contributed by atoms with van der Waals surface area (Å²) in [6.45, 7) is 3.42. The number of hydrogen-bond acceptors (Lipinski definition) is 5. The fourth-order valence-corrected chi connectivity index (χ4v) is 3.32. The first-order valence-corrected chi connectivity index (χ1v) is 8.57. The molecule has 0 spiro atoms. The maximum atomic E-state index is 5.69. The third kappa shape index (κ3) is 3.76. The molecule has 0 radical (unpaired) electrons. The monoisotopic (exact) mass is 314 g/mol. The summed E-state index contributed by atoms with van der Waals surface area (Å²) in [7, 11) is 0. The Morgan fingerprint density at radius 2 is 1.96 bits per heavy atom. The van der Waals surface area contributed by atoms with Gasteiger partial charge < -0.3 is 11.1 Å². The van der Waals surface area contributed by atoms with Gasteiger partial charge >= 0.3 is 0 Å². The van der Waals surface area contributed by atoms with Crippen LogP contribution in [0.15, 0.2) is 24.3 Å². The zero-order valence-electron chi connectivity index (χ0n) is 13.8. The number of nitrogens with two attached hydrogens (primary N) is 1. The average Bonchev–Trinajstić information content (AvgIpc) is 3.07. The minimum absolute atomic E-state index is 0.0175. The Morgan fingerprint density at radius 1 is 1.22 bits per heavy atom. The van der Waals surface area contributed by atoms with Crippen LogP contribution in [-0.2, 0) is 0 Å². The van der Waals surface area contributed by atoms with Gasteiger partial charge in [0.05, 0.1) is 12.1 Å². The van der Waals surface area contributed by atoms with E-state index in [4.69, 9.17) is 5.73 Å². The molecule has 6 heteroatoms. The van der Waals surface area contributed by atoms with Gasteiger partial charge in [0, 0.05) is 13.1 Å². The molecule has 23 heavy (non-hydrogen) atoms. The van der Waals surface area contributed by atoms with Crippen LogP contribution in [0.2, 0.25) is 0 Å². The summed E-state index contributed by atoms with van der Waals surface area (Å²) in [6.07, 6.45) is 6.16. The summed E-state index contributed by atoms with van der Waals surface area (Å²) in [4.78, 5) is 0.